The Labute approximate surface area is 248 Å². The lowest BCUT2D eigenvalue weighted by Gasteiger charge is -2.58. The van der Waals surface area contributed by atoms with Gasteiger partial charge in [0, 0.05) is 12.8 Å². The smallest absolute Gasteiger partial charge is 0.306 e. The summed E-state index contributed by atoms with van der Waals surface area (Å²) in [6.07, 6.45) is 25.9. The van der Waals surface area contributed by atoms with Gasteiger partial charge in [0.25, 0.3) is 0 Å². The summed E-state index contributed by atoms with van der Waals surface area (Å²) < 4.78 is 6.05. The molecule has 0 saturated heterocycles. The Hall–Kier alpha value is -1.05. The highest BCUT2D eigenvalue weighted by atomic mass is 16.5. The molecule has 0 aliphatic heterocycles. The molecule has 0 aromatic heterocycles. The summed E-state index contributed by atoms with van der Waals surface area (Å²) in [4.78, 5) is 12.6. The molecule has 0 spiro atoms. The van der Waals surface area contributed by atoms with Crippen molar-refractivity contribution in [3.63, 3.8) is 0 Å². The summed E-state index contributed by atoms with van der Waals surface area (Å²) in [5, 5.41) is 0. The molecule has 4 rings (SSSR count). The van der Waals surface area contributed by atoms with Crippen LogP contribution in [0.25, 0.3) is 0 Å². The maximum absolute atomic E-state index is 12.6. The first-order chi connectivity index (χ1) is 19.1. The molecule has 0 bridgehead atoms. The van der Waals surface area contributed by atoms with Gasteiger partial charge < -0.3 is 4.74 Å². The number of hydrogen-bond acceptors (Lipinski definition) is 2. The van der Waals surface area contributed by atoms with Crippen LogP contribution in [0.4, 0.5) is 0 Å². The van der Waals surface area contributed by atoms with E-state index in [0.717, 1.165) is 48.9 Å². The van der Waals surface area contributed by atoms with E-state index >= 15 is 0 Å². The van der Waals surface area contributed by atoms with Crippen molar-refractivity contribution in [2.75, 3.05) is 0 Å². The lowest BCUT2D eigenvalue weighted by atomic mass is 9.47. The molecule has 4 aliphatic carbocycles. The van der Waals surface area contributed by atoms with E-state index in [1.165, 1.54) is 83.5 Å². The summed E-state index contributed by atoms with van der Waals surface area (Å²) in [6, 6.07) is 0. The maximum atomic E-state index is 12.6. The monoisotopic (exact) mass is 552 g/mol. The molecular weight excluding hydrogens is 488 g/mol. The van der Waals surface area contributed by atoms with Gasteiger partial charge in [0.1, 0.15) is 6.10 Å². The Kier molecular flexibility index (Phi) is 11.1. The average Bonchev–Trinajstić information content (AvgIpc) is 3.28. The molecule has 0 amide bonds. The number of ether oxygens (including phenoxy) is 1. The second-order valence-corrected chi connectivity index (χ2v) is 15.4. The van der Waals surface area contributed by atoms with Gasteiger partial charge in [0.05, 0.1) is 0 Å². The first-order valence-corrected chi connectivity index (χ1v) is 17.7. The van der Waals surface area contributed by atoms with E-state index in [1.807, 2.05) is 0 Å². The zero-order valence-corrected chi connectivity index (χ0v) is 27.5. The van der Waals surface area contributed by atoms with Crippen molar-refractivity contribution < 1.29 is 9.53 Å². The third kappa shape index (κ3) is 6.78. The van der Waals surface area contributed by atoms with Crippen molar-refractivity contribution in [2.24, 2.45) is 46.3 Å². The van der Waals surface area contributed by atoms with E-state index in [4.69, 9.17) is 4.74 Å². The van der Waals surface area contributed by atoms with Crippen LogP contribution in [0.1, 0.15) is 158 Å². The van der Waals surface area contributed by atoms with Gasteiger partial charge in [-0.15, -0.1) is 0 Å². The number of carbonyl (C=O) groups is 1. The van der Waals surface area contributed by atoms with E-state index in [1.54, 1.807) is 11.1 Å². The van der Waals surface area contributed by atoms with Gasteiger partial charge in [-0.3, -0.25) is 4.79 Å². The van der Waals surface area contributed by atoms with E-state index in [-0.39, 0.29) is 12.1 Å². The van der Waals surface area contributed by atoms with Gasteiger partial charge in [-0.05, 0) is 117 Å². The van der Waals surface area contributed by atoms with Crippen LogP contribution in [0.15, 0.2) is 23.3 Å². The largest absolute Gasteiger partial charge is 0.462 e. The number of esters is 1. The van der Waals surface area contributed by atoms with Crippen molar-refractivity contribution in [1.82, 2.24) is 0 Å². The van der Waals surface area contributed by atoms with E-state index < -0.39 is 0 Å². The second kappa shape index (κ2) is 13.9. The zero-order chi connectivity index (χ0) is 28.9. The van der Waals surface area contributed by atoms with E-state index in [9.17, 15) is 4.79 Å². The summed E-state index contributed by atoms with van der Waals surface area (Å²) in [6.45, 7) is 17.1. The summed E-state index contributed by atoms with van der Waals surface area (Å²) in [5.74, 6) is 5.03. The predicted molar refractivity (Wildman–Crippen MR) is 170 cm³/mol. The molecule has 0 N–H and O–H groups in total. The molecule has 0 aromatic rings. The maximum Gasteiger partial charge on any atom is 0.306 e. The Bertz CT molecular complexity index is 897. The van der Waals surface area contributed by atoms with Crippen molar-refractivity contribution in [1.29, 1.82) is 0 Å². The lowest BCUT2D eigenvalue weighted by molar-refractivity contribution is -0.151. The van der Waals surface area contributed by atoms with Crippen LogP contribution in [-0.2, 0) is 9.53 Å². The molecular formula is C38H64O2. The fraction of sp³-hybridized carbons (Fsp3) is 0.868. The van der Waals surface area contributed by atoms with Crippen molar-refractivity contribution in [2.45, 2.75) is 164 Å². The topological polar surface area (TPSA) is 26.3 Å². The molecule has 3 fully saturated rings. The molecule has 0 unspecified atom stereocenters. The second-order valence-electron chi connectivity index (χ2n) is 15.4. The van der Waals surface area contributed by atoms with Crippen LogP contribution in [0, 0.1) is 46.3 Å². The minimum Gasteiger partial charge on any atom is -0.462 e. The van der Waals surface area contributed by atoms with Gasteiger partial charge in [-0.1, -0.05) is 96.9 Å². The Balaban J connectivity index is 1.33. The zero-order valence-electron chi connectivity index (χ0n) is 27.5. The minimum absolute atomic E-state index is 0.0490. The first kappa shape index (κ1) is 31.9. The molecule has 228 valence electrons. The lowest BCUT2D eigenvalue weighted by Crippen LogP contribution is -2.51. The fourth-order valence-electron chi connectivity index (χ4n) is 10.4. The SMILES string of the molecule is C/C=C(\CC[C@@H](C)[C@H]1CC[C@H]2[C@@H]3CC=C4C[C@@H](OC(=O)CCCCCCCC)CC[C@]4(C)[C@H]3CC[C@]12C)C(C)C. The van der Waals surface area contributed by atoms with Crippen LogP contribution in [0.5, 0.6) is 0 Å². The van der Waals surface area contributed by atoms with E-state index in [2.05, 4.69) is 60.6 Å². The number of hydrogen-bond donors (Lipinski definition) is 0. The number of unbranched alkanes of at least 4 members (excludes halogenated alkanes) is 5. The third-order valence-electron chi connectivity index (χ3n) is 12.9. The molecule has 0 heterocycles. The molecule has 4 aliphatic rings. The van der Waals surface area contributed by atoms with Crippen LogP contribution in [0.2, 0.25) is 0 Å². The van der Waals surface area contributed by atoms with E-state index in [0.29, 0.717) is 23.2 Å². The first-order valence-electron chi connectivity index (χ1n) is 17.7. The van der Waals surface area contributed by atoms with Gasteiger partial charge in [-0.25, -0.2) is 0 Å². The van der Waals surface area contributed by atoms with Crippen molar-refractivity contribution >= 4 is 5.97 Å². The highest BCUT2D eigenvalue weighted by Crippen LogP contribution is 2.67. The third-order valence-corrected chi connectivity index (χ3v) is 12.9. The Morgan fingerprint density at radius 1 is 0.975 bits per heavy atom. The van der Waals surface area contributed by atoms with Crippen LogP contribution in [0.3, 0.4) is 0 Å². The normalized spacial score (nSPS) is 36.5. The molecule has 8 atom stereocenters. The quantitative estimate of drug-likeness (QED) is 0.129. The number of allylic oxidation sites excluding steroid dienone is 3. The summed E-state index contributed by atoms with van der Waals surface area (Å²) >= 11 is 0. The fourth-order valence-corrected chi connectivity index (χ4v) is 10.4. The van der Waals surface area contributed by atoms with Gasteiger partial charge >= 0.3 is 5.97 Å². The average molecular weight is 553 g/mol. The van der Waals surface area contributed by atoms with Crippen LogP contribution < -0.4 is 0 Å². The summed E-state index contributed by atoms with van der Waals surface area (Å²) in [7, 11) is 0. The van der Waals surface area contributed by atoms with Crippen LogP contribution >= 0.6 is 0 Å². The molecule has 2 heteroatoms. The highest BCUT2D eigenvalue weighted by molar-refractivity contribution is 5.69. The van der Waals surface area contributed by atoms with Crippen LogP contribution in [-0.4, -0.2) is 12.1 Å². The Morgan fingerprint density at radius 3 is 2.45 bits per heavy atom. The van der Waals surface area contributed by atoms with Crippen molar-refractivity contribution in [3.8, 4) is 0 Å². The minimum atomic E-state index is 0.0490. The molecule has 40 heavy (non-hydrogen) atoms. The van der Waals surface area contributed by atoms with Gasteiger partial charge in [0.2, 0.25) is 0 Å². The molecule has 0 aromatic carbocycles. The molecule has 3 saturated carbocycles. The van der Waals surface area contributed by atoms with Crippen molar-refractivity contribution in [3.05, 3.63) is 23.3 Å². The highest BCUT2D eigenvalue weighted by Gasteiger charge is 2.59. The number of fused-ring (bicyclic) bond motifs is 5. The van der Waals surface area contributed by atoms with Gasteiger partial charge in [0.15, 0.2) is 0 Å². The molecule has 2 nitrogen and oxygen atoms in total. The predicted octanol–water partition coefficient (Wildman–Crippen LogP) is 11.2. The standard InChI is InChI=1S/C38H64O2/c1-8-10-11-12-13-14-15-36(39)40-31-22-24-37(6)30(26-31)18-19-32-34-21-20-33(38(34,7)25-23-35(32)37)28(5)16-17-29(9-2)27(3)4/h9,18,27-28,31-35H,8,10-17,19-26H2,1-7H3/b29-9+/t28-,31+,32+,33-,34+,35+,37+,38-/m1/s1. The van der Waals surface area contributed by atoms with Gasteiger partial charge in [-0.2, -0.15) is 0 Å². The number of rotatable bonds is 13. The number of carbonyl (C=O) groups excluding carboxylic acids is 1. The Morgan fingerprint density at radius 2 is 1.73 bits per heavy atom. The summed E-state index contributed by atoms with van der Waals surface area (Å²) in [5.41, 5.74) is 4.14. The molecule has 0 radical (unpaired) electrons.